The number of halogens is 1. The molecule has 1 aromatic heterocycles. The van der Waals surface area contributed by atoms with E-state index in [0.717, 1.165) is 12.4 Å². The fourth-order valence-electron chi connectivity index (χ4n) is 0.501. The van der Waals surface area contributed by atoms with E-state index in [1.54, 1.807) is 0 Å². The summed E-state index contributed by atoms with van der Waals surface area (Å²) < 4.78 is 12.1. The maximum absolute atomic E-state index is 12.1. The fraction of sp³-hybridized carbons (Fsp3) is 0.167. The number of hydrogen-bond donors (Lipinski definition) is 0. The van der Waals surface area contributed by atoms with Crippen molar-refractivity contribution in [2.24, 2.45) is 0 Å². The van der Waals surface area contributed by atoms with Crippen LogP contribution in [0.1, 0.15) is 5.82 Å². The summed E-state index contributed by atoms with van der Waals surface area (Å²) in [7, 11) is 0. The molecule has 0 fully saturated rings. The number of aromatic nitrogens is 2. The summed E-state index contributed by atoms with van der Waals surface area (Å²) in [5.41, 5.74) is 0. The van der Waals surface area contributed by atoms with E-state index >= 15 is 0 Å². The monoisotopic (exact) mass is 137 g/mol. The van der Waals surface area contributed by atoms with Crippen LogP contribution in [0.5, 0.6) is 0 Å². The van der Waals surface area contributed by atoms with Gasteiger partial charge in [-0.15, -0.1) is 0 Å². The van der Waals surface area contributed by atoms with E-state index in [0.29, 0.717) is 5.82 Å². The second-order valence-corrected chi connectivity index (χ2v) is 1.65. The molecule has 0 spiro atoms. The molecule has 0 saturated carbocycles. The first-order chi connectivity index (χ1) is 4.83. The van der Waals surface area contributed by atoms with Gasteiger partial charge in [-0.2, -0.15) is 5.26 Å². The summed E-state index contributed by atoms with van der Waals surface area (Å²) in [6.45, 7) is 0. The molecule has 0 atom stereocenters. The van der Waals surface area contributed by atoms with Crippen molar-refractivity contribution >= 4 is 0 Å². The minimum atomic E-state index is -0.485. The second kappa shape index (κ2) is 2.87. The summed E-state index contributed by atoms with van der Waals surface area (Å²) in [4.78, 5) is 7.12. The first-order valence-electron chi connectivity index (χ1n) is 2.66. The molecule has 1 rings (SSSR count). The van der Waals surface area contributed by atoms with Crippen molar-refractivity contribution in [2.45, 2.75) is 6.42 Å². The molecule has 0 N–H and O–H groups in total. The largest absolute Gasteiger partial charge is 0.237 e. The minimum absolute atomic E-state index is 0.125. The third-order valence-electron chi connectivity index (χ3n) is 0.911. The van der Waals surface area contributed by atoms with Crippen LogP contribution in [-0.4, -0.2) is 9.97 Å². The maximum Gasteiger partial charge on any atom is 0.159 e. The van der Waals surface area contributed by atoms with Crippen LogP contribution >= 0.6 is 0 Å². The molecule has 0 aliphatic rings. The van der Waals surface area contributed by atoms with Gasteiger partial charge in [0.05, 0.1) is 24.9 Å². The van der Waals surface area contributed by atoms with Gasteiger partial charge in [-0.3, -0.25) is 0 Å². The van der Waals surface area contributed by atoms with Gasteiger partial charge < -0.3 is 0 Å². The lowest BCUT2D eigenvalue weighted by molar-refractivity contribution is 0.610. The van der Waals surface area contributed by atoms with Crippen LogP contribution < -0.4 is 0 Å². The van der Waals surface area contributed by atoms with Gasteiger partial charge in [-0.1, -0.05) is 0 Å². The molecule has 0 saturated heterocycles. The molecule has 1 heterocycles. The highest BCUT2D eigenvalue weighted by atomic mass is 19.1. The fourth-order valence-corrected chi connectivity index (χ4v) is 0.501. The smallest absolute Gasteiger partial charge is 0.159 e. The van der Waals surface area contributed by atoms with Gasteiger partial charge in [0, 0.05) is 0 Å². The zero-order chi connectivity index (χ0) is 7.40. The Bertz CT molecular complexity index is 249. The van der Waals surface area contributed by atoms with Crippen LogP contribution in [-0.2, 0) is 6.42 Å². The van der Waals surface area contributed by atoms with Gasteiger partial charge >= 0.3 is 0 Å². The Hall–Kier alpha value is -1.50. The summed E-state index contributed by atoms with van der Waals surface area (Å²) in [6.07, 6.45) is 2.21. The first-order valence-corrected chi connectivity index (χ1v) is 2.66. The van der Waals surface area contributed by atoms with E-state index in [1.165, 1.54) is 0 Å². The Balaban J connectivity index is 2.81. The molecular formula is C6H4FN3. The third-order valence-corrected chi connectivity index (χ3v) is 0.911. The van der Waals surface area contributed by atoms with Crippen LogP contribution in [0.25, 0.3) is 0 Å². The molecule has 0 unspecified atom stereocenters. The maximum atomic E-state index is 12.1. The Morgan fingerprint density at radius 2 is 2.10 bits per heavy atom. The summed E-state index contributed by atoms with van der Waals surface area (Å²) >= 11 is 0. The Morgan fingerprint density at radius 3 is 2.60 bits per heavy atom. The Labute approximate surface area is 57.2 Å². The molecule has 0 aromatic carbocycles. The van der Waals surface area contributed by atoms with Gasteiger partial charge in [0.2, 0.25) is 0 Å². The standard InChI is InChI=1S/C6H4FN3/c7-5-3-9-6(1-2-8)10-4-5/h3-4H,1H2. The topological polar surface area (TPSA) is 49.6 Å². The first kappa shape index (κ1) is 6.62. The molecule has 0 amide bonds. The van der Waals surface area contributed by atoms with Crippen molar-refractivity contribution in [3.63, 3.8) is 0 Å². The number of nitrogens with zero attached hydrogens (tertiary/aromatic N) is 3. The van der Waals surface area contributed by atoms with Crippen molar-refractivity contribution < 1.29 is 4.39 Å². The molecule has 0 radical (unpaired) electrons. The average Bonchev–Trinajstić information content (AvgIpc) is 1.95. The SMILES string of the molecule is N#CCc1ncc(F)cn1. The molecular weight excluding hydrogens is 133 g/mol. The van der Waals surface area contributed by atoms with Gasteiger partial charge in [-0.05, 0) is 0 Å². The van der Waals surface area contributed by atoms with Crippen molar-refractivity contribution in [1.29, 1.82) is 5.26 Å². The quantitative estimate of drug-likeness (QED) is 0.571. The van der Waals surface area contributed by atoms with E-state index in [9.17, 15) is 4.39 Å². The lowest BCUT2D eigenvalue weighted by Gasteiger charge is -1.89. The van der Waals surface area contributed by atoms with Gasteiger partial charge in [0.25, 0.3) is 0 Å². The average molecular weight is 137 g/mol. The third kappa shape index (κ3) is 1.49. The van der Waals surface area contributed by atoms with Crippen LogP contribution in [0.3, 0.4) is 0 Å². The highest BCUT2D eigenvalue weighted by molar-refractivity contribution is 4.96. The van der Waals surface area contributed by atoms with Crippen LogP contribution in [0.15, 0.2) is 12.4 Å². The van der Waals surface area contributed by atoms with E-state index < -0.39 is 5.82 Å². The van der Waals surface area contributed by atoms with E-state index in [-0.39, 0.29) is 6.42 Å². The van der Waals surface area contributed by atoms with Gasteiger partial charge in [-0.25, -0.2) is 14.4 Å². The van der Waals surface area contributed by atoms with Crippen LogP contribution in [0.2, 0.25) is 0 Å². The lowest BCUT2D eigenvalue weighted by atomic mass is 10.4. The summed E-state index contributed by atoms with van der Waals surface area (Å²) in [5, 5.41) is 8.17. The molecule has 0 aliphatic heterocycles. The van der Waals surface area contributed by atoms with Crippen molar-refractivity contribution in [1.82, 2.24) is 9.97 Å². The normalized spacial score (nSPS) is 8.80. The lowest BCUT2D eigenvalue weighted by Crippen LogP contribution is -1.92. The van der Waals surface area contributed by atoms with Crippen molar-refractivity contribution in [3.05, 3.63) is 24.0 Å². The summed E-state index contributed by atoms with van der Waals surface area (Å²) in [5.74, 6) is -0.134. The highest BCUT2D eigenvalue weighted by Gasteiger charge is 1.93. The van der Waals surface area contributed by atoms with E-state index in [2.05, 4.69) is 9.97 Å². The summed E-state index contributed by atoms with van der Waals surface area (Å²) in [6, 6.07) is 1.86. The zero-order valence-corrected chi connectivity index (χ0v) is 5.08. The predicted octanol–water partition coefficient (Wildman–Crippen LogP) is 0.682. The zero-order valence-electron chi connectivity index (χ0n) is 5.08. The Morgan fingerprint density at radius 1 is 1.50 bits per heavy atom. The highest BCUT2D eigenvalue weighted by Crippen LogP contribution is 1.92. The van der Waals surface area contributed by atoms with E-state index in [1.807, 2.05) is 6.07 Å². The second-order valence-electron chi connectivity index (χ2n) is 1.65. The van der Waals surface area contributed by atoms with Crippen molar-refractivity contribution in [2.75, 3.05) is 0 Å². The molecule has 3 nitrogen and oxygen atoms in total. The molecule has 0 aliphatic carbocycles. The van der Waals surface area contributed by atoms with Crippen molar-refractivity contribution in [3.8, 4) is 6.07 Å². The Kier molecular flexibility index (Phi) is 1.90. The predicted molar refractivity (Wildman–Crippen MR) is 31.3 cm³/mol. The number of hydrogen-bond acceptors (Lipinski definition) is 3. The van der Waals surface area contributed by atoms with Gasteiger partial charge in [0.15, 0.2) is 5.82 Å². The minimum Gasteiger partial charge on any atom is -0.237 e. The van der Waals surface area contributed by atoms with Crippen LogP contribution in [0.4, 0.5) is 4.39 Å². The molecule has 0 bridgehead atoms. The molecule has 50 valence electrons. The number of rotatable bonds is 1. The molecule has 1 aromatic rings. The van der Waals surface area contributed by atoms with E-state index in [4.69, 9.17) is 5.26 Å². The number of nitriles is 1. The van der Waals surface area contributed by atoms with Gasteiger partial charge in [0.1, 0.15) is 5.82 Å². The molecule has 4 heteroatoms. The molecule has 10 heavy (non-hydrogen) atoms. The van der Waals surface area contributed by atoms with Crippen LogP contribution in [0, 0.1) is 17.1 Å².